The zero-order chi connectivity index (χ0) is 17.5. The average molecular weight is 355 g/mol. The van der Waals surface area contributed by atoms with Crippen LogP contribution in [0.5, 0.6) is 0 Å². The van der Waals surface area contributed by atoms with Gasteiger partial charge in [-0.25, -0.2) is 12.7 Å². The van der Waals surface area contributed by atoms with Gasteiger partial charge < -0.3 is 14.3 Å². The van der Waals surface area contributed by atoms with E-state index in [0.29, 0.717) is 5.82 Å². The van der Waals surface area contributed by atoms with Gasteiger partial charge in [-0.05, 0) is 14.0 Å². The first-order valence-corrected chi connectivity index (χ1v) is 9.02. The minimum atomic E-state index is -3.59. The van der Waals surface area contributed by atoms with Gasteiger partial charge in [0.1, 0.15) is 10.7 Å². The number of sulfonamides is 1. The fourth-order valence-corrected chi connectivity index (χ4v) is 3.64. The highest BCUT2D eigenvalue weighted by Crippen LogP contribution is 2.29. The molecule has 3 heterocycles. The van der Waals surface area contributed by atoms with E-state index in [1.165, 1.54) is 20.2 Å². The zero-order valence-electron chi connectivity index (χ0n) is 14.1. The zero-order valence-corrected chi connectivity index (χ0v) is 14.9. The molecule has 24 heavy (non-hydrogen) atoms. The van der Waals surface area contributed by atoms with Gasteiger partial charge >= 0.3 is 0 Å². The number of hydrogen-bond acceptors (Lipinski definition) is 8. The third-order valence-corrected chi connectivity index (χ3v) is 6.02. The van der Waals surface area contributed by atoms with Crippen LogP contribution in [0.25, 0.3) is 11.7 Å². The van der Waals surface area contributed by atoms with Crippen LogP contribution in [0.15, 0.2) is 19.9 Å². The van der Waals surface area contributed by atoms with Crippen molar-refractivity contribution in [1.29, 1.82) is 0 Å². The Labute approximate surface area is 140 Å². The Balaban J connectivity index is 1.91. The van der Waals surface area contributed by atoms with E-state index in [-0.39, 0.29) is 28.3 Å². The minimum absolute atomic E-state index is 0.0114. The number of likely N-dealkylation sites (N-methyl/N-ethyl adjacent to an activating group) is 1. The third kappa shape index (κ3) is 2.97. The van der Waals surface area contributed by atoms with Gasteiger partial charge in [0.15, 0.2) is 11.6 Å². The van der Waals surface area contributed by atoms with Crippen molar-refractivity contribution in [3.8, 4) is 11.7 Å². The van der Waals surface area contributed by atoms with Gasteiger partial charge in [0.05, 0.1) is 6.04 Å². The molecule has 2 aromatic rings. The van der Waals surface area contributed by atoms with E-state index in [4.69, 9.17) is 8.94 Å². The van der Waals surface area contributed by atoms with Gasteiger partial charge in [0.25, 0.3) is 5.89 Å². The van der Waals surface area contributed by atoms with Crippen LogP contribution in [-0.2, 0) is 10.0 Å². The lowest BCUT2D eigenvalue weighted by Crippen LogP contribution is -2.44. The molecule has 0 aromatic carbocycles. The third-order valence-electron chi connectivity index (χ3n) is 4.09. The first-order valence-electron chi connectivity index (χ1n) is 7.58. The fourth-order valence-electron chi connectivity index (χ4n) is 2.59. The Morgan fingerprint density at radius 2 is 2.17 bits per heavy atom. The summed E-state index contributed by atoms with van der Waals surface area (Å²) in [4.78, 5) is 6.61. The predicted molar refractivity (Wildman–Crippen MR) is 85.9 cm³/mol. The molecule has 0 bridgehead atoms. The maximum Gasteiger partial charge on any atom is 0.293 e. The molecule has 2 aromatic heterocycles. The van der Waals surface area contributed by atoms with Crippen molar-refractivity contribution in [1.82, 2.24) is 24.7 Å². The first kappa shape index (κ1) is 17.1. The molecule has 1 atom stereocenters. The lowest BCUT2D eigenvalue weighted by molar-refractivity contribution is 0.190. The summed E-state index contributed by atoms with van der Waals surface area (Å²) < 4.78 is 36.5. The van der Waals surface area contributed by atoms with E-state index in [2.05, 4.69) is 20.4 Å². The molecule has 1 saturated heterocycles. The second kappa shape index (κ2) is 6.28. The summed E-state index contributed by atoms with van der Waals surface area (Å²) >= 11 is 0. The van der Waals surface area contributed by atoms with E-state index in [9.17, 15) is 8.42 Å². The highest BCUT2D eigenvalue weighted by molar-refractivity contribution is 7.89. The van der Waals surface area contributed by atoms with Crippen molar-refractivity contribution < 1.29 is 17.4 Å². The number of piperazine rings is 1. The monoisotopic (exact) mass is 355 g/mol. The van der Waals surface area contributed by atoms with E-state index in [0.717, 1.165) is 23.9 Å². The van der Waals surface area contributed by atoms with Crippen LogP contribution in [0.2, 0.25) is 0 Å². The molecule has 1 N–H and O–H groups in total. The van der Waals surface area contributed by atoms with E-state index >= 15 is 0 Å². The molecule has 1 unspecified atom stereocenters. The standard InChI is InChI=1S/C14H21N5O4S/c1-9-12(24(20,21)18(2)3)7-11(22-9)14-16-13(17-23-14)10-8-15-5-6-19(10)4/h7,10,15H,5-6,8H2,1-4H3. The van der Waals surface area contributed by atoms with Gasteiger partial charge in [-0.3, -0.25) is 4.90 Å². The second-order valence-corrected chi connectivity index (χ2v) is 8.10. The molecule has 1 aliphatic heterocycles. The van der Waals surface area contributed by atoms with Crippen LogP contribution in [0, 0.1) is 6.92 Å². The summed E-state index contributed by atoms with van der Waals surface area (Å²) in [5, 5.41) is 7.30. The smallest absolute Gasteiger partial charge is 0.293 e. The lowest BCUT2D eigenvalue weighted by Gasteiger charge is -2.30. The number of aryl methyl sites for hydroxylation is 1. The molecule has 0 aliphatic carbocycles. The number of aromatic nitrogens is 2. The summed E-state index contributed by atoms with van der Waals surface area (Å²) in [5.41, 5.74) is 0. The molecule has 1 aliphatic rings. The SMILES string of the molecule is Cc1oc(-c2nc(C3CNCCN3C)no2)cc1S(=O)(=O)N(C)C. The van der Waals surface area contributed by atoms with Crippen LogP contribution >= 0.6 is 0 Å². The van der Waals surface area contributed by atoms with Crippen LogP contribution in [0.3, 0.4) is 0 Å². The molecule has 10 heteroatoms. The fraction of sp³-hybridized carbons (Fsp3) is 0.571. The predicted octanol–water partition coefficient (Wildman–Crippen LogP) is 0.464. The van der Waals surface area contributed by atoms with Gasteiger partial charge in [-0.1, -0.05) is 5.16 Å². The van der Waals surface area contributed by atoms with Crippen molar-refractivity contribution in [3.63, 3.8) is 0 Å². The quantitative estimate of drug-likeness (QED) is 0.844. The lowest BCUT2D eigenvalue weighted by atomic mass is 10.2. The molecule has 0 saturated carbocycles. The summed E-state index contributed by atoms with van der Waals surface area (Å²) in [6.45, 7) is 4.13. The van der Waals surface area contributed by atoms with Crippen molar-refractivity contribution in [2.45, 2.75) is 17.9 Å². The number of rotatable bonds is 4. The topological polar surface area (TPSA) is 105 Å². The van der Waals surface area contributed by atoms with Gasteiger partial charge in [-0.15, -0.1) is 0 Å². The molecular weight excluding hydrogens is 334 g/mol. The maximum absolute atomic E-state index is 12.3. The van der Waals surface area contributed by atoms with Crippen molar-refractivity contribution in [2.75, 3.05) is 40.8 Å². The number of hydrogen-bond donors (Lipinski definition) is 1. The maximum atomic E-state index is 12.3. The van der Waals surface area contributed by atoms with Crippen LogP contribution < -0.4 is 5.32 Å². The Morgan fingerprint density at radius 1 is 1.42 bits per heavy atom. The molecular formula is C14H21N5O4S. The molecule has 3 rings (SSSR count). The second-order valence-electron chi connectivity index (χ2n) is 5.98. The summed E-state index contributed by atoms with van der Waals surface area (Å²) in [6, 6.07) is 1.43. The Bertz CT molecular complexity index is 826. The van der Waals surface area contributed by atoms with E-state index in [1.807, 2.05) is 7.05 Å². The normalized spacial score (nSPS) is 20.0. The largest absolute Gasteiger partial charge is 0.455 e. The van der Waals surface area contributed by atoms with Crippen LogP contribution in [-0.4, -0.2) is 68.5 Å². The molecule has 0 radical (unpaired) electrons. The highest BCUT2D eigenvalue weighted by atomic mass is 32.2. The number of nitrogens with zero attached hydrogens (tertiary/aromatic N) is 4. The van der Waals surface area contributed by atoms with Crippen LogP contribution in [0.4, 0.5) is 0 Å². The van der Waals surface area contributed by atoms with Crippen molar-refractivity contribution >= 4 is 10.0 Å². The summed E-state index contributed by atoms with van der Waals surface area (Å²) in [5.74, 6) is 1.26. The minimum Gasteiger partial charge on any atom is -0.455 e. The van der Waals surface area contributed by atoms with Gasteiger partial charge in [0, 0.05) is 39.8 Å². The van der Waals surface area contributed by atoms with Gasteiger partial charge in [-0.2, -0.15) is 4.98 Å². The molecule has 0 spiro atoms. The molecule has 132 valence electrons. The Morgan fingerprint density at radius 3 is 2.83 bits per heavy atom. The Hall–Kier alpha value is -1.75. The van der Waals surface area contributed by atoms with Gasteiger partial charge in [0.2, 0.25) is 10.0 Å². The molecule has 9 nitrogen and oxygen atoms in total. The number of nitrogens with one attached hydrogen (secondary N) is 1. The molecule has 0 amide bonds. The van der Waals surface area contributed by atoms with Crippen LogP contribution in [0.1, 0.15) is 17.6 Å². The first-order chi connectivity index (χ1) is 11.3. The van der Waals surface area contributed by atoms with Crippen molar-refractivity contribution in [2.24, 2.45) is 0 Å². The highest BCUT2D eigenvalue weighted by Gasteiger charge is 2.28. The number of furan rings is 1. The van der Waals surface area contributed by atoms with E-state index in [1.54, 1.807) is 6.92 Å². The summed E-state index contributed by atoms with van der Waals surface area (Å²) in [7, 11) is 1.36. The molecule has 1 fully saturated rings. The van der Waals surface area contributed by atoms with E-state index < -0.39 is 10.0 Å². The van der Waals surface area contributed by atoms with Crippen molar-refractivity contribution in [3.05, 3.63) is 17.7 Å². The average Bonchev–Trinajstić information content (AvgIpc) is 3.14. The summed E-state index contributed by atoms with van der Waals surface area (Å²) in [6.07, 6.45) is 0. The Kier molecular flexibility index (Phi) is 4.47.